The monoisotopic (exact) mass is 425 g/mol. The van der Waals surface area contributed by atoms with E-state index in [2.05, 4.69) is 5.32 Å². The minimum Gasteiger partial charge on any atom is -0.491 e. The second-order valence-corrected chi connectivity index (χ2v) is 7.69. The summed E-state index contributed by atoms with van der Waals surface area (Å²) in [6.45, 7) is 4.49. The number of ether oxygens (including phenoxy) is 3. The van der Waals surface area contributed by atoms with Crippen LogP contribution in [0.25, 0.3) is 0 Å². The number of Topliss-reactive ketones (excluding diaryl/α,β-unsaturated/α-hetero) is 1. The van der Waals surface area contributed by atoms with Gasteiger partial charge in [0, 0.05) is 23.8 Å². The number of benzene rings is 2. The van der Waals surface area contributed by atoms with Gasteiger partial charge in [-0.1, -0.05) is 13.8 Å². The lowest BCUT2D eigenvalue weighted by atomic mass is 10.1. The molecular formula is C24H27NO6. The Bertz CT molecular complexity index is 899. The number of esters is 1. The zero-order valence-electron chi connectivity index (χ0n) is 17.8. The Hall–Kier alpha value is -3.19. The molecule has 164 valence electrons. The third-order valence-corrected chi connectivity index (χ3v) is 4.88. The minimum absolute atomic E-state index is 0.101. The highest BCUT2D eigenvalue weighted by atomic mass is 16.5. The van der Waals surface area contributed by atoms with E-state index in [0.717, 1.165) is 19.4 Å². The fourth-order valence-corrected chi connectivity index (χ4v) is 2.98. The first-order valence-electron chi connectivity index (χ1n) is 10.4. The van der Waals surface area contributed by atoms with Crippen LogP contribution in [0.5, 0.6) is 5.75 Å². The number of anilines is 1. The molecule has 31 heavy (non-hydrogen) atoms. The Morgan fingerprint density at radius 3 is 2.32 bits per heavy atom. The van der Waals surface area contributed by atoms with E-state index in [1.54, 1.807) is 62.4 Å². The van der Waals surface area contributed by atoms with Crippen LogP contribution in [0.3, 0.4) is 0 Å². The molecule has 0 aromatic heterocycles. The molecule has 1 unspecified atom stereocenters. The van der Waals surface area contributed by atoms with Gasteiger partial charge in [0.2, 0.25) is 5.91 Å². The summed E-state index contributed by atoms with van der Waals surface area (Å²) >= 11 is 0. The van der Waals surface area contributed by atoms with Crippen molar-refractivity contribution >= 4 is 23.3 Å². The summed E-state index contributed by atoms with van der Waals surface area (Å²) in [5.74, 6) is -0.502. The van der Waals surface area contributed by atoms with Gasteiger partial charge in [-0.05, 0) is 61.4 Å². The molecule has 1 saturated heterocycles. The van der Waals surface area contributed by atoms with Crippen LogP contribution in [-0.2, 0) is 14.3 Å². The predicted octanol–water partition coefficient (Wildman–Crippen LogP) is 3.88. The molecule has 1 amide bonds. The minimum atomic E-state index is -0.583. The molecule has 1 fully saturated rings. The van der Waals surface area contributed by atoms with Crippen LogP contribution < -0.4 is 10.1 Å². The smallest absolute Gasteiger partial charge is 0.338 e. The Morgan fingerprint density at radius 1 is 1.03 bits per heavy atom. The standard InChI is InChI=1S/C24H27NO6/c1-16(2)23(27)25-19-9-5-17(6-10-19)22(26)15-31-24(28)18-7-11-20(12-8-18)30-14-21-4-3-13-29-21/h5-12,16,21H,3-4,13-15H2,1-2H3,(H,25,27). The van der Waals surface area contributed by atoms with Crippen LogP contribution in [0.2, 0.25) is 0 Å². The van der Waals surface area contributed by atoms with Gasteiger partial charge in [-0.3, -0.25) is 9.59 Å². The van der Waals surface area contributed by atoms with E-state index in [-0.39, 0.29) is 30.3 Å². The van der Waals surface area contributed by atoms with Crippen LogP contribution in [0.1, 0.15) is 47.4 Å². The Kier molecular flexibility index (Phi) is 7.78. The van der Waals surface area contributed by atoms with Gasteiger partial charge in [-0.25, -0.2) is 4.79 Å². The zero-order chi connectivity index (χ0) is 22.2. The summed E-state index contributed by atoms with van der Waals surface area (Å²) in [5, 5.41) is 2.76. The molecule has 7 heteroatoms. The number of carbonyl (C=O) groups is 3. The highest BCUT2D eigenvalue weighted by Crippen LogP contribution is 2.17. The molecule has 3 rings (SSSR count). The molecule has 1 aliphatic rings. The second kappa shape index (κ2) is 10.7. The maximum Gasteiger partial charge on any atom is 0.338 e. The average molecular weight is 425 g/mol. The van der Waals surface area contributed by atoms with E-state index in [1.165, 1.54) is 0 Å². The largest absolute Gasteiger partial charge is 0.491 e. The van der Waals surface area contributed by atoms with Crippen molar-refractivity contribution in [2.24, 2.45) is 5.92 Å². The van der Waals surface area contributed by atoms with E-state index < -0.39 is 5.97 Å². The third kappa shape index (κ3) is 6.65. The topological polar surface area (TPSA) is 90.9 Å². The fraction of sp³-hybridized carbons (Fsp3) is 0.375. The summed E-state index contributed by atoms with van der Waals surface area (Å²) in [4.78, 5) is 36.2. The summed E-state index contributed by atoms with van der Waals surface area (Å²) < 4.78 is 16.3. The first-order valence-corrected chi connectivity index (χ1v) is 10.4. The van der Waals surface area contributed by atoms with Crippen LogP contribution in [0.15, 0.2) is 48.5 Å². The molecule has 0 radical (unpaired) electrons. The van der Waals surface area contributed by atoms with E-state index in [0.29, 0.717) is 29.2 Å². The maximum atomic E-state index is 12.3. The quantitative estimate of drug-likeness (QED) is 0.484. The Labute approximate surface area is 181 Å². The highest BCUT2D eigenvalue weighted by molar-refractivity contribution is 6.00. The van der Waals surface area contributed by atoms with Crippen molar-refractivity contribution in [2.75, 3.05) is 25.1 Å². The average Bonchev–Trinajstić information content (AvgIpc) is 3.30. The molecule has 2 aromatic carbocycles. The predicted molar refractivity (Wildman–Crippen MR) is 115 cm³/mol. The zero-order valence-corrected chi connectivity index (χ0v) is 17.8. The SMILES string of the molecule is CC(C)C(=O)Nc1ccc(C(=O)COC(=O)c2ccc(OCC3CCCO3)cc2)cc1. The van der Waals surface area contributed by atoms with Crippen LogP contribution >= 0.6 is 0 Å². The van der Waals surface area contributed by atoms with Crippen LogP contribution in [0.4, 0.5) is 5.69 Å². The molecule has 1 heterocycles. The van der Waals surface area contributed by atoms with Gasteiger partial charge >= 0.3 is 5.97 Å². The number of carbonyl (C=O) groups excluding carboxylic acids is 3. The van der Waals surface area contributed by atoms with Crippen molar-refractivity contribution in [3.05, 3.63) is 59.7 Å². The summed E-state index contributed by atoms with van der Waals surface area (Å²) in [6, 6.07) is 13.1. The molecule has 2 aromatic rings. The number of hydrogen-bond acceptors (Lipinski definition) is 6. The molecule has 0 saturated carbocycles. The first-order chi connectivity index (χ1) is 14.9. The number of rotatable bonds is 9. The van der Waals surface area contributed by atoms with Gasteiger partial charge in [-0.2, -0.15) is 0 Å². The van der Waals surface area contributed by atoms with Gasteiger partial charge in [0.25, 0.3) is 0 Å². The van der Waals surface area contributed by atoms with E-state index in [9.17, 15) is 14.4 Å². The van der Waals surface area contributed by atoms with Gasteiger partial charge < -0.3 is 19.5 Å². The van der Waals surface area contributed by atoms with E-state index in [4.69, 9.17) is 14.2 Å². The lowest BCUT2D eigenvalue weighted by Crippen LogP contribution is -2.18. The molecule has 0 aliphatic carbocycles. The van der Waals surface area contributed by atoms with Crippen molar-refractivity contribution < 1.29 is 28.6 Å². The normalized spacial score (nSPS) is 15.5. The Balaban J connectivity index is 1.46. The van der Waals surface area contributed by atoms with Crippen molar-refractivity contribution in [3.63, 3.8) is 0 Å². The second-order valence-electron chi connectivity index (χ2n) is 7.69. The summed E-state index contributed by atoms with van der Waals surface area (Å²) in [5.41, 5.74) is 1.34. The van der Waals surface area contributed by atoms with Crippen molar-refractivity contribution in [1.82, 2.24) is 0 Å². The van der Waals surface area contributed by atoms with Gasteiger partial charge in [0.05, 0.1) is 11.7 Å². The van der Waals surface area contributed by atoms with Crippen LogP contribution in [-0.4, -0.2) is 43.6 Å². The number of nitrogens with one attached hydrogen (secondary N) is 1. The van der Waals surface area contributed by atoms with Crippen molar-refractivity contribution in [3.8, 4) is 5.75 Å². The number of amides is 1. The van der Waals surface area contributed by atoms with Crippen molar-refractivity contribution in [2.45, 2.75) is 32.8 Å². The van der Waals surface area contributed by atoms with Gasteiger partial charge in [-0.15, -0.1) is 0 Å². The molecule has 0 spiro atoms. The number of ketones is 1. The summed E-state index contributed by atoms with van der Waals surface area (Å²) in [7, 11) is 0. The maximum absolute atomic E-state index is 12.3. The molecule has 1 N–H and O–H groups in total. The molecule has 1 atom stereocenters. The van der Waals surface area contributed by atoms with E-state index >= 15 is 0 Å². The summed E-state index contributed by atoms with van der Waals surface area (Å²) in [6.07, 6.45) is 2.17. The van der Waals surface area contributed by atoms with E-state index in [1.807, 2.05) is 0 Å². The lowest BCUT2D eigenvalue weighted by Gasteiger charge is -2.11. The van der Waals surface area contributed by atoms with Gasteiger partial charge in [0.1, 0.15) is 12.4 Å². The molecule has 7 nitrogen and oxygen atoms in total. The highest BCUT2D eigenvalue weighted by Gasteiger charge is 2.16. The third-order valence-electron chi connectivity index (χ3n) is 4.88. The number of hydrogen-bond donors (Lipinski definition) is 1. The fourth-order valence-electron chi connectivity index (χ4n) is 2.98. The first kappa shape index (κ1) is 22.5. The van der Waals surface area contributed by atoms with Gasteiger partial charge in [0.15, 0.2) is 12.4 Å². The van der Waals surface area contributed by atoms with Crippen molar-refractivity contribution in [1.29, 1.82) is 0 Å². The molecular weight excluding hydrogens is 398 g/mol. The lowest BCUT2D eigenvalue weighted by molar-refractivity contribution is -0.118. The molecule has 0 bridgehead atoms. The van der Waals surface area contributed by atoms with Crippen LogP contribution in [0, 0.1) is 5.92 Å². The molecule has 1 aliphatic heterocycles. The Morgan fingerprint density at radius 2 is 1.71 bits per heavy atom.